The molecule has 1 aromatic carbocycles. The summed E-state index contributed by atoms with van der Waals surface area (Å²) >= 11 is 0. The molecule has 0 saturated heterocycles. The number of hydrogen-bond acceptors (Lipinski definition) is 4. The SMILES string of the molecule is CCOC(=O)Nc1ccc(Nc2ccc(C(F)(F)F)cc2)cn1. The highest BCUT2D eigenvalue weighted by atomic mass is 19.4. The first kappa shape index (κ1) is 16.6. The molecule has 0 unspecified atom stereocenters. The molecule has 0 saturated carbocycles. The summed E-state index contributed by atoms with van der Waals surface area (Å²) in [5.41, 5.74) is 0.347. The topological polar surface area (TPSA) is 63.2 Å². The lowest BCUT2D eigenvalue weighted by molar-refractivity contribution is -0.137. The predicted octanol–water partition coefficient (Wildman–Crippen LogP) is 4.41. The molecule has 0 aliphatic carbocycles. The molecule has 1 aromatic heterocycles. The zero-order chi connectivity index (χ0) is 16.9. The molecule has 1 amide bonds. The van der Waals surface area contributed by atoms with Crippen LogP contribution in [-0.4, -0.2) is 17.7 Å². The first-order valence-electron chi connectivity index (χ1n) is 6.72. The highest BCUT2D eigenvalue weighted by Gasteiger charge is 2.29. The van der Waals surface area contributed by atoms with E-state index in [1.165, 1.54) is 18.3 Å². The monoisotopic (exact) mass is 325 g/mol. The number of halogens is 3. The van der Waals surface area contributed by atoms with E-state index in [0.29, 0.717) is 17.2 Å². The van der Waals surface area contributed by atoms with Crippen molar-refractivity contribution in [3.63, 3.8) is 0 Å². The number of rotatable bonds is 4. The first-order chi connectivity index (χ1) is 10.9. The maximum absolute atomic E-state index is 12.5. The summed E-state index contributed by atoms with van der Waals surface area (Å²) in [7, 11) is 0. The molecule has 0 radical (unpaired) electrons. The average molecular weight is 325 g/mol. The number of carbonyl (C=O) groups is 1. The number of benzene rings is 1. The first-order valence-corrected chi connectivity index (χ1v) is 6.72. The number of hydrogen-bond donors (Lipinski definition) is 2. The zero-order valence-corrected chi connectivity index (χ0v) is 12.1. The van der Waals surface area contributed by atoms with Gasteiger partial charge in [-0.1, -0.05) is 0 Å². The third-order valence-corrected chi connectivity index (χ3v) is 2.77. The Labute approximate surface area is 130 Å². The molecule has 0 bridgehead atoms. The summed E-state index contributed by atoms with van der Waals surface area (Å²) in [5, 5.41) is 5.35. The van der Waals surface area contributed by atoms with Gasteiger partial charge < -0.3 is 10.1 Å². The van der Waals surface area contributed by atoms with Crippen molar-refractivity contribution in [3.8, 4) is 0 Å². The van der Waals surface area contributed by atoms with Crippen LogP contribution in [0.25, 0.3) is 0 Å². The second kappa shape index (κ2) is 6.99. The number of anilines is 3. The maximum atomic E-state index is 12.5. The fraction of sp³-hybridized carbons (Fsp3) is 0.200. The second-order valence-electron chi connectivity index (χ2n) is 4.48. The van der Waals surface area contributed by atoms with E-state index in [0.717, 1.165) is 12.1 Å². The lowest BCUT2D eigenvalue weighted by atomic mass is 10.2. The van der Waals surface area contributed by atoms with E-state index >= 15 is 0 Å². The quantitative estimate of drug-likeness (QED) is 0.874. The van der Waals surface area contributed by atoms with E-state index in [1.54, 1.807) is 19.1 Å². The van der Waals surface area contributed by atoms with Crippen molar-refractivity contribution in [1.82, 2.24) is 4.98 Å². The van der Waals surface area contributed by atoms with Crippen LogP contribution in [0.3, 0.4) is 0 Å². The van der Waals surface area contributed by atoms with Gasteiger partial charge in [-0.2, -0.15) is 13.2 Å². The Morgan fingerprint density at radius 2 is 1.78 bits per heavy atom. The van der Waals surface area contributed by atoms with Crippen molar-refractivity contribution in [3.05, 3.63) is 48.2 Å². The molecule has 2 N–H and O–H groups in total. The van der Waals surface area contributed by atoms with Crippen LogP contribution in [0.5, 0.6) is 0 Å². The van der Waals surface area contributed by atoms with Crippen LogP contribution < -0.4 is 10.6 Å². The largest absolute Gasteiger partial charge is 0.450 e. The van der Waals surface area contributed by atoms with Gasteiger partial charge in [-0.3, -0.25) is 5.32 Å². The number of nitrogens with zero attached hydrogens (tertiary/aromatic N) is 1. The van der Waals surface area contributed by atoms with Gasteiger partial charge in [-0.25, -0.2) is 9.78 Å². The number of alkyl halides is 3. The highest BCUT2D eigenvalue weighted by Crippen LogP contribution is 2.30. The van der Waals surface area contributed by atoms with Gasteiger partial charge in [-0.05, 0) is 43.3 Å². The number of nitrogens with one attached hydrogen (secondary N) is 2. The highest BCUT2D eigenvalue weighted by molar-refractivity contribution is 5.83. The van der Waals surface area contributed by atoms with E-state index < -0.39 is 17.8 Å². The number of aromatic nitrogens is 1. The van der Waals surface area contributed by atoms with Crippen LogP contribution in [0.4, 0.5) is 35.2 Å². The molecule has 23 heavy (non-hydrogen) atoms. The third kappa shape index (κ3) is 4.87. The zero-order valence-electron chi connectivity index (χ0n) is 12.1. The smallest absolute Gasteiger partial charge is 0.416 e. The van der Waals surface area contributed by atoms with Crippen molar-refractivity contribution >= 4 is 23.3 Å². The summed E-state index contributed by atoms with van der Waals surface area (Å²) in [4.78, 5) is 15.2. The summed E-state index contributed by atoms with van der Waals surface area (Å²) < 4.78 is 42.1. The number of ether oxygens (including phenoxy) is 1. The van der Waals surface area contributed by atoms with Crippen LogP contribution in [0.1, 0.15) is 12.5 Å². The van der Waals surface area contributed by atoms with Crippen molar-refractivity contribution in [2.24, 2.45) is 0 Å². The summed E-state index contributed by atoms with van der Waals surface area (Å²) in [6.45, 7) is 1.93. The van der Waals surface area contributed by atoms with Gasteiger partial charge in [0, 0.05) is 5.69 Å². The lowest BCUT2D eigenvalue weighted by Gasteiger charge is -2.10. The molecular formula is C15H14F3N3O2. The Bertz CT molecular complexity index is 655. The standard InChI is InChI=1S/C15H14F3N3O2/c1-2-23-14(22)21-13-8-7-12(9-19-13)20-11-5-3-10(4-6-11)15(16,17)18/h3-9,20H,2H2,1H3,(H,19,21,22). The lowest BCUT2D eigenvalue weighted by Crippen LogP contribution is -2.14. The Kier molecular flexibility index (Phi) is 5.05. The number of carbonyl (C=O) groups excluding carboxylic acids is 1. The Morgan fingerprint density at radius 3 is 2.30 bits per heavy atom. The van der Waals surface area contributed by atoms with Crippen LogP contribution >= 0.6 is 0 Å². The predicted molar refractivity (Wildman–Crippen MR) is 79.6 cm³/mol. The van der Waals surface area contributed by atoms with E-state index in [4.69, 9.17) is 4.74 Å². The van der Waals surface area contributed by atoms with Gasteiger partial charge in [0.15, 0.2) is 0 Å². The molecule has 0 atom stereocenters. The number of pyridine rings is 1. The van der Waals surface area contributed by atoms with Crippen molar-refractivity contribution < 1.29 is 22.7 Å². The molecule has 2 rings (SSSR count). The van der Waals surface area contributed by atoms with Crippen LogP contribution in [0.2, 0.25) is 0 Å². The Morgan fingerprint density at radius 1 is 1.13 bits per heavy atom. The fourth-order valence-corrected chi connectivity index (χ4v) is 1.72. The summed E-state index contributed by atoms with van der Waals surface area (Å²) in [6.07, 6.45) is -3.52. The van der Waals surface area contributed by atoms with Crippen LogP contribution in [0.15, 0.2) is 42.6 Å². The molecule has 1 heterocycles. The minimum absolute atomic E-state index is 0.249. The second-order valence-corrected chi connectivity index (χ2v) is 4.48. The van der Waals surface area contributed by atoms with Crippen LogP contribution in [-0.2, 0) is 10.9 Å². The van der Waals surface area contributed by atoms with Gasteiger partial charge in [0.05, 0.1) is 24.1 Å². The number of amides is 1. The third-order valence-electron chi connectivity index (χ3n) is 2.77. The van der Waals surface area contributed by atoms with Gasteiger partial charge >= 0.3 is 12.3 Å². The van der Waals surface area contributed by atoms with Crippen molar-refractivity contribution in [2.45, 2.75) is 13.1 Å². The normalized spacial score (nSPS) is 11.0. The summed E-state index contributed by atoms with van der Waals surface area (Å²) in [5.74, 6) is 0.307. The van der Waals surface area contributed by atoms with Gasteiger partial charge in [-0.15, -0.1) is 0 Å². The minimum Gasteiger partial charge on any atom is -0.450 e. The van der Waals surface area contributed by atoms with Gasteiger partial charge in [0.25, 0.3) is 0 Å². The van der Waals surface area contributed by atoms with E-state index in [2.05, 4.69) is 15.6 Å². The van der Waals surface area contributed by atoms with E-state index in [1.807, 2.05) is 0 Å². The van der Waals surface area contributed by atoms with Crippen molar-refractivity contribution in [1.29, 1.82) is 0 Å². The molecule has 8 heteroatoms. The molecule has 0 aliphatic rings. The van der Waals surface area contributed by atoms with Gasteiger partial charge in [0.1, 0.15) is 5.82 Å². The van der Waals surface area contributed by atoms with Crippen molar-refractivity contribution in [2.75, 3.05) is 17.2 Å². The van der Waals surface area contributed by atoms with E-state index in [-0.39, 0.29) is 6.61 Å². The molecule has 122 valence electrons. The average Bonchev–Trinajstić information content (AvgIpc) is 2.49. The molecule has 0 aliphatic heterocycles. The maximum Gasteiger partial charge on any atom is 0.416 e. The molecule has 0 fully saturated rings. The molecule has 5 nitrogen and oxygen atoms in total. The van der Waals surface area contributed by atoms with Crippen LogP contribution in [0, 0.1) is 0 Å². The summed E-state index contributed by atoms with van der Waals surface area (Å²) in [6, 6.07) is 7.82. The fourth-order valence-electron chi connectivity index (χ4n) is 1.72. The Hall–Kier alpha value is -2.77. The Balaban J connectivity index is 1.99. The van der Waals surface area contributed by atoms with E-state index in [9.17, 15) is 18.0 Å². The minimum atomic E-state index is -4.36. The molecular weight excluding hydrogens is 311 g/mol. The van der Waals surface area contributed by atoms with Gasteiger partial charge in [0.2, 0.25) is 0 Å². The molecule has 0 spiro atoms. The molecule has 2 aromatic rings.